The maximum Gasteiger partial charge on any atom is 0.416 e. The van der Waals surface area contributed by atoms with Gasteiger partial charge in [0, 0.05) is 23.8 Å². The van der Waals surface area contributed by atoms with Gasteiger partial charge in [-0.3, -0.25) is 19.5 Å². The summed E-state index contributed by atoms with van der Waals surface area (Å²) in [5.41, 5.74) is -7.89. The van der Waals surface area contributed by atoms with E-state index in [9.17, 15) is 32.3 Å². The monoisotopic (exact) mass is 617 g/mol. The number of hydroxylamine groups is 1. The standard InChI is InChI=1S/C30H33F6NO4S/c1-16-11-20-21-13-23(32)22-12-19(38)9-10-26(22,2)28(21,33)24(39)14-27(20,3)29(16,25(40)42-15-31)41-37(4)18-7-5-17(6-8-18)30(34,35)36/h5-10,12,16,20-21,23-24,39H,11,13-15H2,1-4H3/t16-,20+,21+,23+,24+,26+,27+,28+,29+/m1/s1. The van der Waals surface area contributed by atoms with Crippen LogP contribution in [-0.2, 0) is 20.6 Å². The van der Waals surface area contributed by atoms with Gasteiger partial charge < -0.3 is 5.11 Å². The van der Waals surface area contributed by atoms with Crippen molar-refractivity contribution >= 4 is 28.3 Å². The summed E-state index contributed by atoms with van der Waals surface area (Å²) < 4.78 is 86.3. The van der Waals surface area contributed by atoms with Crippen LogP contribution in [0.2, 0.25) is 0 Å². The van der Waals surface area contributed by atoms with Crippen molar-refractivity contribution in [1.29, 1.82) is 0 Å². The molecule has 5 nitrogen and oxygen atoms in total. The van der Waals surface area contributed by atoms with E-state index in [-0.39, 0.29) is 30.5 Å². The molecule has 1 aromatic rings. The van der Waals surface area contributed by atoms with Crippen molar-refractivity contribution in [1.82, 2.24) is 0 Å². The summed E-state index contributed by atoms with van der Waals surface area (Å²) in [5, 5.41) is 12.0. The minimum Gasteiger partial charge on any atom is -0.390 e. The van der Waals surface area contributed by atoms with Gasteiger partial charge in [0.15, 0.2) is 17.1 Å². The normalized spacial score (nSPS) is 41.1. The van der Waals surface area contributed by atoms with E-state index in [1.54, 1.807) is 13.8 Å². The highest BCUT2D eigenvalue weighted by Crippen LogP contribution is 2.72. The molecule has 0 amide bonds. The lowest BCUT2D eigenvalue weighted by Crippen LogP contribution is -2.71. The molecule has 12 heteroatoms. The van der Waals surface area contributed by atoms with Crippen LogP contribution in [-0.4, -0.2) is 52.6 Å². The number of fused-ring (bicyclic) bond motifs is 5. The zero-order valence-electron chi connectivity index (χ0n) is 23.6. The molecule has 9 atom stereocenters. The third-order valence-electron chi connectivity index (χ3n) is 10.5. The van der Waals surface area contributed by atoms with Crippen molar-refractivity contribution in [3.63, 3.8) is 0 Å². The SMILES string of the molecule is C[C@@H]1C[C@H]2[C@@H]3C[C@H](F)C4=CC(=O)C=C[C@]4(C)[C@@]3(F)[C@@H](O)C[C@]2(C)[C@@]1(ON(C)c1ccc(C(F)(F)F)cc1)C(=O)SCF. The Morgan fingerprint density at radius 3 is 2.40 bits per heavy atom. The van der Waals surface area contributed by atoms with Crippen molar-refractivity contribution in [2.75, 3.05) is 18.1 Å². The van der Waals surface area contributed by atoms with Crippen molar-refractivity contribution in [3.8, 4) is 0 Å². The average Bonchev–Trinajstić information content (AvgIpc) is 3.13. The second-order valence-corrected chi connectivity index (χ2v) is 13.3. The molecule has 0 heterocycles. The first-order valence-corrected chi connectivity index (χ1v) is 14.8. The number of thioether (sulfide) groups is 1. The number of anilines is 1. The lowest BCUT2D eigenvalue weighted by molar-refractivity contribution is -0.230. The van der Waals surface area contributed by atoms with E-state index in [1.807, 2.05) is 0 Å². The molecule has 0 bridgehead atoms. The molecule has 1 aromatic carbocycles. The van der Waals surface area contributed by atoms with Crippen molar-refractivity contribution in [3.05, 3.63) is 53.6 Å². The van der Waals surface area contributed by atoms with Crippen LogP contribution in [0.5, 0.6) is 0 Å². The molecule has 4 aliphatic carbocycles. The highest BCUT2D eigenvalue weighted by molar-refractivity contribution is 8.13. The third-order valence-corrected chi connectivity index (χ3v) is 11.2. The number of carbonyl (C=O) groups is 2. The Hall–Kier alpha value is -2.31. The molecule has 0 aromatic heterocycles. The van der Waals surface area contributed by atoms with Gasteiger partial charge in [0.05, 0.1) is 17.4 Å². The fraction of sp³-hybridized carbons (Fsp3) is 0.600. The summed E-state index contributed by atoms with van der Waals surface area (Å²) in [6.07, 6.45) is -4.82. The summed E-state index contributed by atoms with van der Waals surface area (Å²) >= 11 is 0.363. The Morgan fingerprint density at radius 2 is 1.81 bits per heavy atom. The zero-order chi connectivity index (χ0) is 31.0. The van der Waals surface area contributed by atoms with Crippen LogP contribution in [0, 0.1) is 28.6 Å². The van der Waals surface area contributed by atoms with Crippen LogP contribution in [0.25, 0.3) is 0 Å². The summed E-state index contributed by atoms with van der Waals surface area (Å²) in [7, 11) is 1.40. The van der Waals surface area contributed by atoms with Crippen LogP contribution < -0.4 is 5.06 Å². The maximum absolute atomic E-state index is 17.5. The minimum atomic E-state index is -4.56. The first kappa shape index (κ1) is 31.1. The van der Waals surface area contributed by atoms with Gasteiger partial charge in [0.25, 0.3) is 0 Å². The smallest absolute Gasteiger partial charge is 0.390 e. The number of nitrogens with zero attached hydrogens (tertiary/aromatic N) is 1. The number of carbonyl (C=O) groups excluding carboxylic acids is 2. The highest BCUT2D eigenvalue weighted by Gasteiger charge is 2.78. The number of aliphatic hydroxyl groups excluding tert-OH is 1. The molecule has 0 spiro atoms. The number of hydrogen-bond acceptors (Lipinski definition) is 6. The number of hydrogen-bond donors (Lipinski definition) is 1. The van der Waals surface area contributed by atoms with E-state index >= 15 is 8.78 Å². The molecule has 3 fully saturated rings. The first-order valence-electron chi connectivity index (χ1n) is 13.8. The van der Waals surface area contributed by atoms with Gasteiger partial charge in [0.2, 0.25) is 5.12 Å². The largest absolute Gasteiger partial charge is 0.416 e. The van der Waals surface area contributed by atoms with Crippen molar-refractivity contribution in [2.45, 2.75) is 69.8 Å². The van der Waals surface area contributed by atoms with Gasteiger partial charge in [-0.1, -0.05) is 31.7 Å². The van der Waals surface area contributed by atoms with E-state index in [1.165, 1.54) is 38.3 Å². The number of benzene rings is 1. The number of rotatable bonds is 5. The molecule has 0 aliphatic heterocycles. The Bertz CT molecular complexity index is 1340. The molecule has 0 saturated heterocycles. The van der Waals surface area contributed by atoms with Gasteiger partial charge in [-0.15, -0.1) is 0 Å². The average molecular weight is 618 g/mol. The number of alkyl halides is 6. The molecule has 0 radical (unpaired) electrons. The second-order valence-electron chi connectivity index (χ2n) is 12.4. The molecular weight excluding hydrogens is 584 g/mol. The predicted molar refractivity (Wildman–Crippen MR) is 145 cm³/mol. The molecule has 42 heavy (non-hydrogen) atoms. The third kappa shape index (κ3) is 4.14. The quantitative estimate of drug-likeness (QED) is 0.298. The Labute approximate surface area is 244 Å². The van der Waals surface area contributed by atoms with Gasteiger partial charge in [-0.05, 0) is 80.0 Å². The van der Waals surface area contributed by atoms with Crippen LogP contribution in [0.3, 0.4) is 0 Å². The van der Waals surface area contributed by atoms with E-state index in [4.69, 9.17) is 4.84 Å². The van der Waals surface area contributed by atoms with Gasteiger partial charge in [-0.2, -0.15) is 13.2 Å². The number of allylic oxidation sites excluding steroid dienone is 4. The lowest BCUT2D eigenvalue weighted by atomic mass is 9.44. The molecule has 230 valence electrons. The summed E-state index contributed by atoms with van der Waals surface area (Å²) in [5.74, 6) is -2.93. The fourth-order valence-electron chi connectivity index (χ4n) is 8.48. The number of aliphatic hydroxyl groups is 1. The van der Waals surface area contributed by atoms with Crippen LogP contribution in [0.15, 0.2) is 48.1 Å². The highest BCUT2D eigenvalue weighted by atomic mass is 32.2. The Kier molecular flexibility index (Phi) is 7.50. The first-order chi connectivity index (χ1) is 19.5. The zero-order valence-corrected chi connectivity index (χ0v) is 24.4. The molecule has 5 rings (SSSR count). The fourth-order valence-corrected chi connectivity index (χ4v) is 9.26. The van der Waals surface area contributed by atoms with E-state index in [0.717, 1.165) is 23.3 Å². The predicted octanol–water partition coefficient (Wildman–Crippen LogP) is 6.56. The van der Waals surface area contributed by atoms with Crippen molar-refractivity contribution in [2.24, 2.45) is 28.6 Å². The molecule has 0 unspecified atom stereocenters. The summed E-state index contributed by atoms with van der Waals surface area (Å²) in [6, 6.07) is 2.98. The van der Waals surface area contributed by atoms with Crippen molar-refractivity contribution < 1.29 is 45.9 Å². The van der Waals surface area contributed by atoms with E-state index < -0.39 is 80.8 Å². The maximum atomic E-state index is 17.5. The minimum absolute atomic E-state index is 0.0314. The molecular formula is C30H33F6NO4S. The second kappa shape index (κ2) is 10.1. The Morgan fingerprint density at radius 1 is 1.17 bits per heavy atom. The molecule has 3 saturated carbocycles. The number of ketones is 1. The Balaban J connectivity index is 1.58. The van der Waals surface area contributed by atoms with E-state index in [2.05, 4.69) is 0 Å². The topological polar surface area (TPSA) is 66.8 Å². The van der Waals surface area contributed by atoms with Gasteiger partial charge in [-0.25, -0.2) is 13.2 Å². The summed E-state index contributed by atoms with van der Waals surface area (Å²) in [6.45, 7) is 4.81. The number of halogens is 6. The molecule has 4 aliphatic rings. The van der Waals surface area contributed by atoms with Crippen LogP contribution >= 0.6 is 11.8 Å². The van der Waals surface area contributed by atoms with Crippen LogP contribution in [0.1, 0.15) is 45.6 Å². The summed E-state index contributed by atoms with van der Waals surface area (Å²) in [4.78, 5) is 32.3. The van der Waals surface area contributed by atoms with Crippen LogP contribution in [0.4, 0.5) is 32.0 Å². The molecule has 1 N–H and O–H groups in total. The van der Waals surface area contributed by atoms with Gasteiger partial charge >= 0.3 is 6.18 Å². The van der Waals surface area contributed by atoms with E-state index in [0.29, 0.717) is 11.8 Å². The lowest BCUT2D eigenvalue weighted by Gasteiger charge is -2.63. The van der Waals surface area contributed by atoms with Gasteiger partial charge in [0.1, 0.15) is 12.2 Å².